The highest BCUT2D eigenvalue weighted by Gasteiger charge is 2.09. The Morgan fingerprint density at radius 2 is 1.61 bits per heavy atom. The first-order valence-electron chi connectivity index (χ1n) is 7.62. The Morgan fingerprint density at radius 3 is 2.30 bits per heavy atom. The Balaban J connectivity index is 1.74. The summed E-state index contributed by atoms with van der Waals surface area (Å²) >= 11 is 0. The molecule has 2 rings (SSSR count). The summed E-state index contributed by atoms with van der Waals surface area (Å²) in [4.78, 5) is 23.7. The van der Waals surface area contributed by atoms with Crippen LogP contribution in [-0.2, 0) is 16.1 Å². The molecular weight excluding hydrogens is 290 g/mol. The summed E-state index contributed by atoms with van der Waals surface area (Å²) in [6.45, 7) is 4.38. The molecule has 1 N–H and O–H groups in total. The van der Waals surface area contributed by atoms with Crippen molar-refractivity contribution in [2.45, 2.75) is 26.9 Å². The van der Waals surface area contributed by atoms with Gasteiger partial charge in [-0.1, -0.05) is 42.5 Å². The van der Waals surface area contributed by atoms with Crippen LogP contribution < -0.4 is 5.32 Å². The van der Waals surface area contributed by atoms with Crippen LogP contribution in [0.25, 0.3) is 0 Å². The molecule has 0 heterocycles. The molecule has 0 spiro atoms. The highest BCUT2D eigenvalue weighted by Crippen LogP contribution is 2.09. The first-order chi connectivity index (χ1) is 11.1. The van der Waals surface area contributed by atoms with Crippen molar-refractivity contribution in [2.24, 2.45) is 0 Å². The lowest BCUT2D eigenvalue weighted by molar-refractivity contribution is -0.144. The number of amides is 1. The molecule has 0 saturated carbocycles. The normalized spacial score (nSPS) is 10.2. The van der Waals surface area contributed by atoms with Gasteiger partial charge in [0.05, 0.1) is 6.42 Å². The minimum Gasteiger partial charge on any atom is -0.461 e. The topological polar surface area (TPSA) is 55.4 Å². The summed E-state index contributed by atoms with van der Waals surface area (Å²) in [7, 11) is 0. The van der Waals surface area contributed by atoms with E-state index in [-0.39, 0.29) is 31.4 Å². The molecule has 0 saturated heterocycles. The lowest BCUT2D eigenvalue weighted by Crippen LogP contribution is -2.27. The highest BCUT2D eigenvalue weighted by atomic mass is 16.5. The van der Waals surface area contributed by atoms with E-state index in [1.807, 2.05) is 56.3 Å². The van der Waals surface area contributed by atoms with Crippen LogP contribution in [0.15, 0.2) is 48.5 Å². The van der Waals surface area contributed by atoms with Gasteiger partial charge in [-0.2, -0.15) is 0 Å². The van der Waals surface area contributed by atoms with Crippen molar-refractivity contribution in [3.8, 4) is 0 Å². The largest absolute Gasteiger partial charge is 0.461 e. The highest BCUT2D eigenvalue weighted by molar-refractivity contribution is 5.95. The smallest absolute Gasteiger partial charge is 0.307 e. The van der Waals surface area contributed by atoms with Crippen molar-refractivity contribution in [3.05, 3.63) is 70.8 Å². The third kappa shape index (κ3) is 4.95. The number of ether oxygens (including phenoxy) is 1. The zero-order valence-electron chi connectivity index (χ0n) is 13.5. The van der Waals surface area contributed by atoms with Crippen LogP contribution in [0.4, 0.5) is 0 Å². The number of esters is 1. The van der Waals surface area contributed by atoms with E-state index in [1.54, 1.807) is 6.07 Å². The van der Waals surface area contributed by atoms with Crippen molar-refractivity contribution in [1.29, 1.82) is 0 Å². The zero-order valence-corrected chi connectivity index (χ0v) is 13.5. The maximum Gasteiger partial charge on any atom is 0.307 e. The minimum absolute atomic E-state index is 0.156. The zero-order chi connectivity index (χ0) is 16.7. The summed E-state index contributed by atoms with van der Waals surface area (Å²) in [5.41, 5.74) is 3.62. The molecule has 0 aliphatic heterocycles. The molecule has 120 valence electrons. The number of carbonyl (C=O) groups is 2. The molecule has 0 aliphatic rings. The van der Waals surface area contributed by atoms with Gasteiger partial charge in [0.1, 0.15) is 6.61 Å². The summed E-state index contributed by atoms with van der Waals surface area (Å²) in [5.74, 6) is -0.492. The first kappa shape index (κ1) is 16.7. The van der Waals surface area contributed by atoms with Gasteiger partial charge in [0.15, 0.2) is 0 Å². The van der Waals surface area contributed by atoms with Gasteiger partial charge >= 0.3 is 5.97 Å². The monoisotopic (exact) mass is 311 g/mol. The van der Waals surface area contributed by atoms with Gasteiger partial charge in [-0.15, -0.1) is 0 Å². The standard InChI is InChI=1S/C19H21NO3/c1-14-7-3-5-9-16(14)13-23-18(21)11-12-20-19(22)17-10-6-4-8-15(17)2/h3-10H,11-13H2,1-2H3,(H,20,22). The number of nitrogens with one attached hydrogen (secondary N) is 1. The molecule has 0 unspecified atom stereocenters. The maximum absolute atomic E-state index is 12.0. The van der Waals surface area contributed by atoms with E-state index >= 15 is 0 Å². The fourth-order valence-electron chi connectivity index (χ4n) is 2.20. The predicted molar refractivity (Wildman–Crippen MR) is 89.1 cm³/mol. The lowest BCUT2D eigenvalue weighted by atomic mass is 10.1. The van der Waals surface area contributed by atoms with Crippen LogP contribution in [0, 0.1) is 13.8 Å². The van der Waals surface area contributed by atoms with Crippen LogP contribution in [-0.4, -0.2) is 18.4 Å². The van der Waals surface area contributed by atoms with Crippen molar-refractivity contribution in [1.82, 2.24) is 5.32 Å². The van der Waals surface area contributed by atoms with Gasteiger partial charge in [-0.05, 0) is 36.6 Å². The van der Waals surface area contributed by atoms with Crippen LogP contribution in [0.2, 0.25) is 0 Å². The van der Waals surface area contributed by atoms with Crippen LogP contribution in [0.5, 0.6) is 0 Å². The molecule has 4 nitrogen and oxygen atoms in total. The molecule has 0 aliphatic carbocycles. The quantitative estimate of drug-likeness (QED) is 0.834. The number of aryl methyl sites for hydroxylation is 2. The maximum atomic E-state index is 12.0. The molecule has 0 aromatic heterocycles. The van der Waals surface area contributed by atoms with Crippen molar-refractivity contribution in [2.75, 3.05) is 6.54 Å². The van der Waals surface area contributed by atoms with Gasteiger partial charge in [0.25, 0.3) is 5.91 Å². The Kier molecular flexibility index (Phi) is 5.92. The van der Waals surface area contributed by atoms with Crippen molar-refractivity contribution >= 4 is 11.9 Å². The van der Waals surface area contributed by atoms with Crippen molar-refractivity contribution in [3.63, 3.8) is 0 Å². The van der Waals surface area contributed by atoms with Crippen LogP contribution >= 0.6 is 0 Å². The average Bonchev–Trinajstić information content (AvgIpc) is 2.54. The second kappa shape index (κ2) is 8.13. The minimum atomic E-state index is -0.321. The molecule has 23 heavy (non-hydrogen) atoms. The molecule has 1 amide bonds. The Labute approximate surface area is 136 Å². The fourth-order valence-corrected chi connectivity index (χ4v) is 2.20. The number of hydrogen-bond donors (Lipinski definition) is 1. The SMILES string of the molecule is Cc1ccccc1COC(=O)CCNC(=O)c1ccccc1C. The number of hydrogen-bond acceptors (Lipinski definition) is 3. The molecule has 0 radical (unpaired) electrons. The Bertz CT molecular complexity index is 695. The first-order valence-corrected chi connectivity index (χ1v) is 7.62. The van der Waals surface area contributed by atoms with Gasteiger partial charge in [0.2, 0.25) is 0 Å². The van der Waals surface area contributed by atoms with E-state index in [0.29, 0.717) is 5.56 Å². The second-order valence-electron chi connectivity index (χ2n) is 5.41. The van der Waals surface area contributed by atoms with E-state index in [9.17, 15) is 9.59 Å². The number of rotatable bonds is 6. The van der Waals surface area contributed by atoms with E-state index in [1.165, 1.54) is 0 Å². The van der Waals surface area contributed by atoms with Gasteiger partial charge in [0, 0.05) is 12.1 Å². The number of benzene rings is 2. The molecule has 2 aromatic rings. The van der Waals surface area contributed by atoms with Gasteiger partial charge in [-0.25, -0.2) is 0 Å². The molecule has 0 atom stereocenters. The average molecular weight is 311 g/mol. The van der Waals surface area contributed by atoms with Gasteiger partial charge in [-0.3, -0.25) is 9.59 Å². The Morgan fingerprint density at radius 1 is 0.957 bits per heavy atom. The Hall–Kier alpha value is -2.62. The molecule has 2 aromatic carbocycles. The van der Waals surface area contributed by atoms with E-state index in [4.69, 9.17) is 4.74 Å². The summed E-state index contributed by atoms with van der Waals surface area (Å²) in [6, 6.07) is 15.1. The molecule has 0 bridgehead atoms. The predicted octanol–water partition coefficient (Wildman–Crippen LogP) is 3.17. The molecule has 0 fully saturated rings. The second-order valence-corrected chi connectivity index (χ2v) is 5.41. The van der Waals surface area contributed by atoms with Gasteiger partial charge < -0.3 is 10.1 Å². The third-order valence-electron chi connectivity index (χ3n) is 3.65. The summed E-state index contributed by atoms with van der Waals surface area (Å²) in [5, 5.41) is 2.74. The van der Waals surface area contributed by atoms with E-state index < -0.39 is 0 Å². The fraction of sp³-hybridized carbons (Fsp3) is 0.263. The number of carbonyl (C=O) groups excluding carboxylic acids is 2. The third-order valence-corrected chi connectivity index (χ3v) is 3.65. The van der Waals surface area contributed by atoms with Crippen LogP contribution in [0.1, 0.15) is 33.5 Å². The summed E-state index contributed by atoms with van der Waals surface area (Å²) < 4.78 is 5.23. The molecule has 4 heteroatoms. The van der Waals surface area contributed by atoms with Crippen molar-refractivity contribution < 1.29 is 14.3 Å². The van der Waals surface area contributed by atoms with E-state index in [0.717, 1.165) is 16.7 Å². The van der Waals surface area contributed by atoms with Crippen LogP contribution in [0.3, 0.4) is 0 Å². The van der Waals surface area contributed by atoms with E-state index in [2.05, 4.69) is 5.32 Å². The molecular formula is C19H21NO3. The lowest BCUT2D eigenvalue weighted by Gasteiger charge is -2.09. The summed E-state index contributed by atoms with van der Waals surface area (Å²) in [6.07, 6.45) is 0.156.